The van der Waals surface area contributed by atoms with Crippen molar-refractivity contribution in [3.63, 3.8) is 0 Å². The normalized spacial score (nSPS) is 10.9. The molecule has 0 atom stereocenters. The first kappa shape index (κ1) is 17.9. The van der Waals surface area contributed by atoms with E-state index in [1.165, 1.54) is 12.1 Å². The Morgan fingerprint density at radius 1 is 1.07 bits per heavy atom. The Morgan fingerprint density at radius 3 is 2.54 bits per heavy atom. The van der Waals surface area contributed by atoms with Gasteiger partial charge in [0.1, 0.15) is 11.5 Å². The lowest BCUT2D eigenvalue weighted by molar-refractivity contribution is -0.384. The van der Waals surface area contributed by atoms with E-state index in [1.54, 1.807) is 35.1 Å². The summed E-state index contributed by atoms with van der Waals surface area (Å²) in [5.41, 5.74) is 3.27. The van der Waals surface area contributed by atoms with Crippen LogP contribution in [0.5, 0.6) is 0 Å². The fourth-order valence-electron chi connectivity index (χ4n) is 2.80. The number of hydrogen-bond donors (Lipinski definition) is 0. The monoisotopic (exact) mass is 395 g/mol. The maximum absolute atomic E-state index is 10.8. The van der Waals surface area contributed by atoms with Crippen molar-refractivity contribution in [1.29, 1.82) is 0 Å². The molecule has 0 bridgehead atoms. The van der Waals surface area contributed by atoms with Crippen LogP contribution in [0.15, 0.2) is 65.3 Å². The molecule has 9 heteroatoms. The summed E-state index contributed by atoms with van der Waals surface area (Å²) < 4.78 is 7.08. The van der Waals surface area contributed by atoms with Crippen LogP contribution in [0.3, 0.4) is 0 Å². The van der Waals surface area contributed by atoms with Crippen molar-refractivity contribution in [1.82, 2.24) is 20.2 Å². The molecule has 0 radical (unpaired) electrons. The van der Waals surface area contributed by atoms with Crippen LogP contribution < -0.4 is 0 Å². The van der Waals surface area contributed by atoms with E-state index in [4.69, 9.17) is 16.1 Å². The molecule has 0 amide bonds. The van der Waals surface area contributed by atoms with Crippen LogP contribution in [-0.4, -0.2) is 25.1 Å². The summed E-state index contributed by atoms with van der Waals surface area (Å²) in [4.78, 5) is 10.4. The lowest BCUT2D eigenvalue weighted by Crippen LogP contribution is -2.03. The van der Waals surface area contributed by atoms with Crippen molar-refractivity contribution >= 4 is 17.3 Å². The number of nitro benzene ring substituents is 1. The summed E-state index contributed by atoms with van der Waals surface area (Å²) in [6, 6.07) is 15.4. The first-order valence-electron chi connectivity index (χ1n) is 8.46. The second kappa shape index (κ2) is 7.61. The third-order valence-electron chi connectivity index (χ3n) is 4.25. The van der Waals surface area contributed by atoms with Gasteiger partial charge >= 0.3 is 0 Å². The van der Waals surface area contributed by atoms with Gasteiger partial charge in [0.15, 0.2) is 0 Å². The van der Waals surface area contributed by atoms with Crippen LogP contribution >= 0.6 is 11.6 Å². The Hall–Kier alpha value is -3.52. The maximum atomic E-state index is 10.8. The Balaban J connectivity index is 1.47. The highest BCUT2D eigenvalue weighted by Gasteiger charge is 2.12. The fourth-order valence-corrected chi connectivity index (χ4v) is 2.92. The van der Waals surface area contributed by atoms with Gasteiger partial charge in [-0.1, -0.05) is 34.1 Å². The Bertz CT molecular complexity index is 1100. The van der Waals surface area contributed by atoms with E-state index in [9.17, 15) is 10.1 Å². The van der Waals surface area contributed by atoms with Gasteiger partial charge in [-0.3, -0.25) is 10.1 Å². The molecular formula is C19H14ClN5O3. The van der Waals surface area contributed by atoms with Gasteiger partial charge in [0.25, 0.3) is 5.69 Å². The van der Waals surface area contributed by atoms with E-state index in [2.05, 4.69) is 15.5 Å². The minimum absolute atomic E-state index is 0.0294. The number of aromatic nitrogens is 4. The minimum Gasteiger partial charge on any atom is -0.361 e. The highest BCUT2D eigenvalue weighted by atomic mass is 35.5. The summed E-state index contributed by atoms with van der Waals surface area (Å²) in [6.45, 7) is 0. The SMILES string of the molecule is O=[N+]([O-])c1ccc(-n2nncc2CCc2cc(-c3ccc(Cl)cc3)no2)cc1. The molecule has 2 aromatic carbocycles. The molecule has 8 nitrogen and oxygen atoms in total. The Kier molecular flexibility index (Phi) is 4.86. The van der Waals surface area contributed by atoms with Crippen molar-refractivity contribution in [3.05, 3.63) is 87.4 Å². The summed E-state index contributed by atoms with van der Waals surface area (Å²) in [7, 11) is 0. The standard InChI is InChI=1S/C19H14ClN5O3/c20-14-3-1-13(2-4-14)19-11-18(28-22-19)10-9-17-12-21-23-24(17)15-5-7-16(8-6-15)25(26)27/h1-8,11-12H,9-10H2. The molecule has 0 aliphatic heterocycles. The zero-order valence-corrected chi connectivity index (χ0v) is 15.3. The van der Waals surface area contributed by atoms with Crippen LogP contribution in [0.4, 0.5) is 5.69 Å². The minimum atomic E-state index is -0.436. The second-order valence-corrected chi connectivity index (χ2v) is 6.53. The summed E-state index contributed by atoms with van der Waals surface area (Å²) in [6.07, 6.45) is 2.90. The molecule has 0 N–H and O–H groups in total. The van der Waals surface area contributed by atoms with E-state index in [1.807, 2.05) is 18.2 Å². The number of nitro groups is 1. The molecule has 0 fully saturated rings. The summed E-state index contributed by atoms with van der Waals surface area (Å²) in [5.74, 6) is 0.737. The Labute approximate surface area is 164 Å². The topological polar surface area (TPSA) is 99.9 Å². The van der Waals surface area contributed by atoms with Crippen molar-refractivity contribution in [2.24, 2.45) is 0 Å². The molecule has 2 heterocycles. The summed E-state index contributed by atoms with van der Waals surface area (Å²) >= 11 is 5.91. The van der Waals surface area contributed by atoms with Gasteiger partial charge in [-0.25, -0.2) is 4.68 Å². The van der Waals surface area contributed by atoms with Crippen molar-refractivity contribution in [2.45, 2.75) is 12.8 Å². The second-order valence-electron chi connectivity index (χ2n) is 6.10. The summed E-state index contributed by atoms with van der Waals surface area (Å²) in [5, 5.41) is 23.6. The number of aryl methyl sites for hydroxylation is 2. The van der Waals surface area contributed by atoms with Gasteiger partial charge in [-0.2, -0.15) is 0 Å². The average Bonchev–Trinajstić information content (AvgIpc) is 3.36. The van der Waals surface area contributed by atoms with Crippen LogP contribution in [0.1, 0.15) is 11.5 Å². The third kappa shape index (κ3) is 3.77. The number of hydrogen-bond acceptors (Lipinski definition) is 6. The molecule has 0 spiro atoms. The smallest absolute Gasteiger partial charge is 0.269 e. The largest absolute Gasteiger partial charge is 0.361 e. The predicted octanol–water partition coefficient (Wildman–Crippen LogP) is 4.27. The lowest BCUT2D eigenvalue weighted by atomic mass is 10.1. The first-order chi connectivity index (χ1) is 13.6. The van der Waals surface area contributed by atoms with E-state index in [0.29, 0.717) is 23.6 Å². The van der Waals surface area contributed by atoms with Gasteiger partial charge in [0, 0.05) is 35.2 Å². The van der Waals surface area contributed by atoms with E-state index >= 15 is 0 Å². The molecule has 4 rings (SSSR count). The van der Waals surface area contributed by atoms with E-state index < -0.39 is 4.92 Å². The lowest BCUT2D eigenvalue weighted by Gasteiger charge is -2.05. The zero-order valence-electron chi connectivity index (χ0n) is 14.5. The number of benzene rings is 2. The molecule has 28 heavy (non-hydrogen) atoms. The maximum Gasteiger partial charge on any atom is 0.269 e. The van der Waals surface area contributed by atoms with Gasteiger partial charge < -0.3 is 4.52 Å². The first-order valence-corrected chi connectivity index (χ1v) is 8.84. The van der Waals surface area contributed by atoms with Crippen LogP contribution in [0.25, 0.3) is 16.9 Å². The molecular weight excluding hydrogens is 382 g/mol. The number of halogens is 1. The van der Waals surface area contributed by atoms with Gasteiger partial charge in [-0.15, -0.1) is 5.10 Å². The number of nitrogens with zero attached hydrogens (tertiary/aromatic N) is 5. The molecule has 4 aromatic rings. The van der Waals surface area contributed by atoms with Gasteiger partial charge in [0.2, 0.25) is 0 Å². The molecule has 140 valence electrons. The molecule has 0 saturated heterocycles. The van der Waals surface area contributed by atoms with Crippen LogP contribution in [0, 0.1) is 10.1 Å². The zero-order chi connectivity index (χ0) is 19.5. The molecule has 2 aromatic heterocycles. The average molecular weight is 396 g/mol. The molecule has 0 aliphatic rings. The van der Waals surface area contributed by atoms with Gasteiger partial charge in [-0.05, 0) is 30.7 Å². The van der Waals surface area contributed by atoms with Crippen LogP contribution in [0.2, 0.25) is 5.02 Å². The third-order valence-corrected chi connectivity index (χ3v) is 4.50. The van der Waals surface area contributed by atoms with Crippen molar-refractivity contribution in [3.8, 4) is 16.9 Å². The number of non-ortho nitro benzene ring substituents is 1. The molecule has 0 unspecified atom stereocenters. The van der Waals surface area contributed by atoms with E-state index in [0.717, 1.165) is 22.7 Å². The van der Waals surface area contributed by atoms with Gasteiger partial charge in [0.05, 0.1) is 22.5 Å². The fraction of sp³-hybridized carbons (Fsp3) is 0.105. The van der Waals surface area contributed by atoms with Crippen LogP contribution in [-0.2, 0) is 12.8 Å². The Morgan fingerprint density at radius 2 is 1.82 bits per heavy atom. The van der Waals surface area contributed by atoms with Crippen molar-refractivity contribution < 1.29 is 9.45 Å². The molecule has 0 aliphatic carbocycles. The quantitative estimate of drug-likeness (QED) is 0.357. The van der Waals surface area contributed by atoms with Crippen molar-refractivity contribution in [2.75, 3.05) is 0 Å². The molecule has 0 saturated carbocycles. The predicted molar refractivity (Wildman–Crippen MR) is 102 cm³/mol. The highest BCUT2D eigenvalue weighted by Crippen LogP contribution is 2.22. The van der Waals surface area contributed by atoms with E-state index in [-0.39, 0.29) is 5.69 Å². The highest BCUT2D eigenvalue weighted by molar-refractivity contribution is 6.30. The number of rotatable bonds is 6.